The fraction of sp³-hybridized carbons (Fsp3) is 0.500. The number of amides is 1. The zero-order chi connectivity index (χ0) is 13.0. The first-order chi connectivity index (χ1) is 8.69. The predicted octanol–water partition coefficient (Wildman–Crippen LogP) is 0.359. The van der Waals surface area contributed by atoms with Crippen molar-refractivity contribution in [1.82, 2.24) is 9.88 Å². The van der Waals surface area contributed by atoms with E-state index in [-0.39, 0.29) is 5.91 Å². The fourth-order valence-corrected chi connectivity index (χ4v) is 1.75. The monoisotopic (exact) mass is 251 g/mol. The molecule has 18 heavy (non-hydrogen) atoms. The Hall–Kier alpha value is -1.66. The summed E-state index contributed by atoms with van der Waals surface area (Å²) in [5.41, 5.74) is 0. The number of nitrogens with zero attached hydrogens (tertiary/aromatic N) is 2. The maximum absolute atomic E-state index is 12.0. The Morgan fingerprint density at radius 3 is 3.22 bits per heavy atom. The van der Waals surface area contributed by atoms with Crippen LogP contribution in [-0.2, 0) is 9.53 Å². The van der Waals surface area contributed by atoms with Gasteiger partial charge in [-0.05, 0) is 13.1 Å². The van der Waals surface area contributed by atoms with Gasteiger partial charge < -0.3 is 19.7 Å². The molecule has 1 aliphatic rings. The van der Waals surface area contributed by atoms with E-state index in [1.807, 2.05) is 7.05 Å². The summed E-state index contributed by atoms with van der Waals surface area (Å²) < 4.78 is 10.5. The molecule has 6 nitrogen and oxygen atoms in total. The van der Waals surface area contributed by atoms with Crippen molar-refractivity contribution in [2.45, 2.75) is 6.10 Å². The summed E-state index contributed by atoms with van der Waals surface area (Å²) in [4.78, 5) is 18.1. The first kappa shape index (κ1) is 12.8. The molecule has 1 unspecified atom stereocenters. The minimum absolute atomic E-state index is 0.178. The molecule has 1 aromatic rings. The lowest BCUT2D eigenvalue weighted by molar-refractivity contribution is -0.132. The van der Waals surface area contributed by atoms with Crippen LogP contribution in [-0.4, -0.2) is 55.7 Å². The van der Waals surface area contributed by atoms with Crippen LogP contribution < -0.4 is 10.1 Å². The van der Waals surface area contributed by atoms with Crippen LogP contribution in [0, 0.1) is 0 Å². The van der Waals surface area contributed by atoms with E-state index in [2.05, 4.69) is 15.2 Å². The number of pyridine rings is 1. The van der Waals surface area contributed by atoms with Gasteiger partial charge in [-0.1, -0.05) is 0 Å². The van der Waals surface area contributed by atoms with Gasteiger partial charge in [-0.15, -0.1) is 0 Å². The van der Waals surface area contributed by atoms with Crippen molar-refractivity contribution >= 4 is 11.7 Å². The Kier molecular flexibility index (Phi) is 4.11. The fourth-order valence-electron chi connectivity index (χ4n) is 1.75. The van der Waals surface area contributed by atoms with Crippen molar-refractivity contribution in [3.05, 3.63) is 18.3 Å². The molecule has 0 aromatic carbocycles. The number of hydrogen-bond donors (Lipinski definition) is 1. The van der Waals surface area contributed by atoms with Crippen LogP contribution >= 0.6 is 0 Å². The van der Waals surface area contributed by atoms with E-state index in [0.717, 1.165) is 6.54 Å². The van der Waals surface area contributed by atoms with E-state index in [9.17, 15) is 4.79 Å². The van der Waals surface area contributed by atoms with E-state index in [0.29, 0.717) is 24.7 Å². The van der Waals surface area contributed by atoms with Gasteiger partial charge in [0.1, 0.15) is 17.7 Å². The van der Waals surface area contributed by atoms with Gasteiger partial charge in [-0.2, -0.15) is 0 Å². The minimum atomic E-state index is -0.447. The van der Waals surface area contributed by atoms with Crippen molar-refractivity contribution < 1.29 is 14.3 Å². The summed E-state index contributed by atoms with van der Waals surface area (Å²) in [5.74, 6) is 0.945. The number of nitrogens with one attached hydrogen (secondary N) is 1. The highest BCUT2D eigenvalue weighted by molar-refractivity contribution is 5.93. The standard InChI is InChI=1S/C12H17N3O3/c1-15-5-6-18-10(8-15)12(16)14-11-7-9(17-2)3-4-13-11/h3-4,7,10H,5-6,8H2,1-2H3,(H,13,14,16). The molecule has 0 aliphatic carbocycles. The van der Waals surface area contributed by atoms with Crippen LogP contribution in [0.4, 0.5) is 5.82 Å². The van der Waals surface area contributed by atoms with Gasteiger partial charge in [0.05, 0.1) is 13.7 Å². The summed E-state index contributed by atoms with van der Waals surface area (Å²) >= 11 is 0. The van der Waals surface area contributed by atoms with Crippen molar-refractivity contribution in [3.8, 4) is 5.75 Å². The van der Waals surface area contributed by atoms with Crippen molar-refractivity contribution in [2.24, 2.45) is 0 Å². The highest BCUT2D eigenvalue weighted by Crippen LogP contribution is 2.14. The van der Waals surface area contributed by atoms with Gasteiger partial charge in [0.15, 0.2) is 0 Å². The molecule has 1 atom stereocenters. The second-order valence-corrected chi connectivity index (χ2v) is 4.19. The van der Waals surface area contributed by atoms with E-state index >= 15 is 0 Å². The molecule has 2 rings (SSSR count). The number of ether oxygens (including phenoxy) is 2. The molecule has 0 spiro atoms. The van der Waals surface area contributed by atoms with Crippen molar-refractivity contribution in [3.63, 3.8) is 0 Å². The Morgan fingerprint density at radius 1 is 1.67 bits per heavy atom. The zero-order valence-electron chi connectivity index (χ0n) is 10.5. The molecule has 1 N–H and O–H groups in total. The van der Waals surface area contributed by atoms with Crippen LogP contribution in [0.3, 0.4) is 0 Å². The third kappa shape index (κ3) is 3.18. The molecule has 0 bridgehead atoms. The maximum atomic E-state index is 12.0. The van der Waals surface area contributed by atoms with E-state index in [1.165, 1.54) is 0 Å². The number of carbonyl (C=O) groups excluding carboxylic acids is 1. The first-order valence-corrected chi connectivity index (χ1v) is 5.80. The lowest BCUT2D eigenvalue weighted by Gasteiger charge is -2.28. The second kappa shape index (κ2) is 5.79. The van der Waals surface area contributed by atoms with E-state index in [4.69, 9.17) is 9.47 Å². The van der Waals surface area contributed by atoms with Crippen molar-refractivity contribution in [1.29, 1.82) is 0 Å². The largest absolute Gasteiger partial charge is 0.497 e. The summed E-state index contributed by atoms with van der Waals surface area (Å²) in [5, 5.41) is 2.73. The maximum Gasteiger partial charge on any atom is 0.255 e. The predicted molar refractivity (Wildman–Crippen MR) is 66.7 cm³/mol. The van der Waals surface area contributed by atoms with Gasteiger partial charge >= 0.3 is 0 Å². The van der Waals surface area contributed by atoms with E-state index in [1.54, 1.807) is 25.4 Å². The number of likely N-dealkylation sites (N-methyl/N-ethyl adjacent to an activating group) is 1. The molecule has 0 radical (unpaired) electrons. The normalized spacial score (nSPS) is 20.4. The Labute approximate surface area is 106 Å². The van der Waals surface area contributed by atoms with Gasteiger partial charge in [-0.25, -0.2) is 4.98 Å². The van der Waals surface area contributed by atoms with Gasteiger partial charge in [0.25, 0.3) is 5.91 Å². The molecule has 6 heteroatoms. The SMILES string of the molecule is COc1ccnc(NC(=O)C2CN(C)CCO2)c1. The number of hydrogen-bond acceptors (Lipinski definition) is 5. The summed E-state index contributed by atoms with van der Waals surface area (Å²) in [6, 6.07) is 3.39. The van der Waals surface area contributed by atoms with Crippen molar-refractivity contribution in [2.75, 3.05) is 39.2 Å². The van der Waals surface area contributed by atoms with Gasteiger partial charge in [-0.3, -0.25) is 4.79 Å². The third-order valence-electron chi connectivity index (χ3n) is 2.78. The number of methoxy groups -OCH3 is 1. The molecule has 0 saturated carbocycles. The number of aromatic nitrogens is 1. The van der Waals surface area contributed by atoms with Crippen LogP contribution in [0.25, 0.3) is 0 Å². The molecular formula is C12H17N3O3. The molecule has 2 heterocycles. The van der Waals surface area contributed by atoms with Gasteiger partial charge in [0.2, 0.25) is 0 Å². The summed E-state index contributed by atoms with van der Waals surface area (Å²) in [6.07, 6.45) is 1.14. The Balaban J connectivity index is 1.97. The second-order valence-electron chi connectivity index (χ2n) is 4.19. The average Bonchev–Trinajstić information content (AvgIpc) is 2.39. The molecule has 1 aromatic heterocycles. The highest BCUT2D eigenvalue weighted by Gasteiger charge is 2.25. The molecule has 1 aliphatic heterocycles. The van der Waals surface area contributed by atoms with Crippen LogP contribution in [0.1, 0.15) is 0 Å². The summed E-state index contributed by atoms with van der Waals surface area (Å²) in [7, 11) is 3.53. The highest BCUT2D eigenvalue weighted by atomic mass is 16.5. The van der Waals surface area contributed by atoms with Crippen LogP contribution in [0.5, 0.6) is 5.75 Å². The average molecular weight is 251 g/mol. The Morgan fingerprint density at radius 2 is 2.50 bits per heavy atom. The van der Waals surface area contributed by atoms with Crippen LogP contribution in [0.2, 0.25) is 0 Å². The smallest absolute Gasteiger partial charge is 0.255 e. The number of rotatable bonds is 3. The molecule has 1 fully saturated rings. The lowest BCUT2D eigenvalue weighted by atomic mass is 10.2. The van der Waals surface area contributed by atoms with Gasteiger partial charge in [0, 0.05) is 25.4 Å². The Bertz CT molecular complexity index is 425. The van der Waals surface area contributed by atoms with E-state index < -0.39 is 6.10 Å². The number of morpholine rings is 1. The summed E-state index contributed by atoms with van der Waals surface area (Å²) in [6.45, 7) is 2.01. The molecular weight excluding hydrogens is 234 g/mol. The topological polar surface area (TPSA) is 63.7 Å². The zero-order valence-corrected chi connectivity index (χ0v) is 10.5. The first-order valence-electron chi connectivity index (χ1n) is 5.80. The minimum Gasteiger partial charge on any atom is -0.497 e. The molecule has 1 saturated heterocycles. The number of carbonyl (C=O) groups is 1. The quantitative estimate of drug-likeness (QED) is 0.840. The third-order valence-corrected chi connectivity index (χ3v) is 2.78. The molecule has 98 valence electrons. The van der Waals surface area contributed by atoms with Crippen LogP contribution in [0.15, 0.2) is 18.3 Å². The molecule has 1 amide bonds. The number of anilines is 1. The lowest BCUT2D eigenvalue weighted by Crippen LogP contribution is -2.46.